The average molecular weight is 294 g/mol. The molecule has 0 saturated carbocycles. The van der Waals surface area contributed by atoms with Gasteiger partial charge in [-0.05, 0) is 29.5 Å². The van der Waals surface area contributed by atoms with Gasteiger partial charge in [0, 0.05) is 6.42 Å². The molecule has 0 radical (unpaired) electrons. The van der Waals surface area contributed by atoms with Crippen molar-refractivity contribution in [2.24, 2.45) is 0 Å². The minimum Gasteiger partial charge on any atom is -0.388 e. The van der Waals surface area contributed by atoms with Crippen LogP contribution in [0.1, 0.15) is 30.9 Å². The molecule has 0 aliphatic heterocycles. The van der Waals surface area contributed by atoms with Crippen molar-refractivity contribution in [3.63, 3.8) is 0 Å². The molecule has 21 heavy (non-hydrogen) atoms. The quantitative estimate of drug-likeness (QED) is 0.811. The Labute approximate surface area is 122 Å². The molecule has 0 saturated heterocycles. The van der Waals surface area contributed by atoms with E-state index in [-0.39, 0.29) is 12.8 Å². The highest BCUT2D eigenvalue weighted by Gasteiger charge is 2.26. The number of hydrogen-bond donors (Lipinski definition) is 1. The molecule has 4 heteroatoms. The van der Waals surface area contributed by atoms with Crippen LogP contribution in [0.3, 0.4) is 0 Å². The van der Waals surface area contributed by atoms with E-state index in [1.165, 1.54) is 0 Å². The number of hydrogen-bond acceptors (Lipinski definition) is 1. The van der Waals surface area contributed by atoms with E-state index in [1.54, 1.807) is 12.1 Å². The lowest BCUT2D eigenvalue weighted by molar-refractivity contribution is -0.136. The maximum absolute atomic E-state index is 12.1. The fourth-order valence-electron chi connectivity index (χ4n) is 2.19. The Morgan fingerprint density at radius 2 is 1.43 bits per heavy atom. The summed E-state index contributed by atoms with van der Waals surface area (Å²) in [5.41, 5.74) is 2.73. The second-order valence-corrected chi connectivity index (χ2v) is 5.01. The Kier molecular flexibility index (Phi) is 5.02. The molecule has 0 bridgehead atoms. The molecular formula is C17H17F3O. The molecular weight excluding hydrogens is 277 g/mol. The molecule has 1 atom stereocenters. The normalized spacial score (nSPS) is 13.1. The maximum Gasteiger partial charge on any atom is 0.389 e. The van der Waals surface area contributed by atoms with Crippen LogP contribution in [0.25, 0.3) is 11.1 Å². The lowest BCUT2D eigenvalue weighted by atomic mass is 9.99. The van der Waals surface area contributed by atoms with Crippen LogP contribution in [0.15, 0.2) is 54.6 Å². The van der Waals surface area contributed by atoms with E-state index in [0.29, 0.717) is 5.56 Å². The van der Waals surface area contributed by atoms with Crippen molar-refractivity contribution in [3.8, 4) is 11.1 Å². The van der Waals surface area contributed by atoms with Crippen LogP contribution in [-0.2, 0) is 0 Å². The van der Waals surface area contributed by atoms with Crippen molar-refractivity contribution in [2.75, 3.05) is 0 Å². The zero-order chi connectivity index (χ0) is 15.3. The number of benzene rings is 2. The fourth-order valence-corrected chi connectivity index (χ4v) is 2.19. The van der Waals surface area contributed by atoms with Gasteiger partial charge in [-0.2, -0.15) is 13.2 Å². The van der Waals surface area contributed by atoms with E-state index in [4.69, 9.17) is 0 Å². The first-order chi connectivity index (χ1) is 9.96. The Balaban J connectivity index is 1.96. The minimum absolute atomic E-state index is 0.0644. The number of alkyl halides is 3. The van der Waals surface area contributed by atoms with Crippen LogP contribution in [0.2, 0.25) is 0 Å². The topological polar surface area (TPSA) is 20.2 Å². The molecule has 1 unspecified atom stereocenters. The first-order valence-corrected chi connectivity index (χ1v) is 6.86. The highest BCUT2D eigenvalue weighted by molar-refractivity contribution is 5.63. The van der Waals surface area contributed by atoms with Gasteiger partial charge in [0.1, 0.15) is 0 Å². The van der Waals surface area contributed by atoms with Crippen LogP contribution in [0.4, 0.5) is 13.2 Å². The third-order valence-electron chi connectivity index (χ3n) is 3.34. The number of aliphatic hydroxyl groups excluding tert-OH is 1. The van der Waals surface area contributed by atoms with Crippen LogP contribution >= 0.6 is 0 Å². The summed E-state index contributed by atoms with van der Waals surface area (Å²) in [6.07, 6.45) is -5.81. The summed E-state index contributed by atoms with van der Waals surface area (Å²) in [5.74, 6) is 0. The second-order valence-electron chi connectivity index (χ2n) is 5.01. The van der Waals surface area contributed by atoms with Gasteiger partial charge in [-0.25, -0.2) is 0 Å². The van der Waals surface area contributed by atoms with Gasteiger partial charge in [0.15, 0.2) is 0 Å². The Hall–Kier alpha value is -1.81. The van der Waals surface area contributed by atoms with Gasteiger partial charge in [-0.1, -0.05) is 54.6 Å². The van der Waals surface area contributed by atoms with Crippen molar-refractivity contribution < 1.29 is 18.3 Å². The lowest BCUT2D eigenvalue weighted by Crippen LogP contribution is -2.08. The van der Waals surface area contributed by atoms with Gasteiger partial charge in [0.25, 0.3) is 0 Å². The SMILES string of the molecule is OC(CCCC(F)(F)F)c1ccc(-c2ccccc2)cc1. The van der Waals surface area contributed by atoms with E-state index in [9.17, 15) is 18.3 Å². The monoisotopic (exact) mass is 294 g/mol. The zero-order valence-corrected chi connectivity index (χ0v) is 11.5. The third-order valence-corrected chi connectivity index (χ3v) is 3.34. The molecule has 2 rings (SSSR count). The smallest absolute Gasteiger partial charge is 0.388 e. The summed E-state index contributed by atoms with van der Waals surface area (Å²) in [5, 5.41) is 9.91. The Morgan fingerprint density at radius 3 is 2.00 bits per heavy atom. The standard InChI is InChI=1S/C17H17F3O/c18-17(19,20)12-4-7-16(21)15-10-8-14(9-11-15)13-5-2-1-3-6-13/h1-3,5-6,8-11,16,21H,4,7,12H2. The highest BCUT2D eigenvalue weighted by Crippen LogP contribution is 2.27. The molecule has 0 spiro atoms. The van der Waals surface area contributed by atoms with E-state index in [0.717, 1.165) is 11.1 Å². The van der Waals surface area contributed by atoms with Crippen molar-refractivity contribution in [2.45, 2.75) is 31.5 Å². The molecule has 0 fully saturated rings. The summed E-state index contributed by atoms with van der Waals surface area (Å²) < 4.78 is 36.2. The highest BCUT2D eigenvalue weighted by atomic mass is 19.4. The first kappa shape index (κ1) is 15.6. The average Bonchev–Trinajstić information content (AvgIpc) is 2.47. The summed E-state index contributed by atoms with van der Waals surface area (Å²) in [6, 6.07) is 17.0. The van der Waals surface area contributed by atoms with Crippen LogP contribution in [0, 0.1) is 0 Å². The summed E-state index contributed by atoms with van der Waals surface area (Å²) in [7, 11) is 0. The zero-order valence-electron chi connectivity index (χ0n) is 11.5. The number of halogens is 3. The van der Waals surface area contributed by atoms with Gasteiger partial charge < -0.3 is 5.11 Å². The molecule has 0 aliphatic rings. The maximum atomic E-state index is 12.1. The molecule has 0 heterocycles. The van der Waals surface area contributed by atoms with Crippen LogP contribution < -0.4 is 0 Å². The fraction of sp³-hybridized carbons (Fsp3) is 0.294. The summed E-state index contributed by atoms with van der Waals surface area (Å²) in [6.45, 7) is 0. The summed E-state index contributed by atoms with van der Waals surface area (Å²) in [4.78, 5) is 0. The Morgan fingerprint density at radius 1 is 0.857 bits per heavy atom. The Bertz CT molecular complexity index is 546. The van der Waals surface area contributed by atoms with E-state index >= 15 is 0 Å². The van der Waals surface area contributed by atoms with Crippen molar-refractivity contribution >= 4 is 0 Å². The van der Waals surface area contributed by atoms with E-state index < -0.39 is 18.7 Å². The third kappa shape index (κ3) is 4.90. The predicted octanol–water partition coefficient (Wildman–Crippen LogP) is 5.12. The second kappa shape index (κ2) is 6.76. The van der Waals surface area contributed by atoms with Crippen LogP contribution in [-0.4, -0.2) is 11.3 Å². The predicted molar refractivity (Wildman–Crippen MR) is 76.7 cm³/mol. The molecule has 112 valence electrons. The van der Waals surface area contributed by atoms with Gasteiger partial charge >= 0.3 is 6.18 Å². The lowest BCUT2D eigenvalue weighted by Gasteiger charge is -2.12. The molecule has 1 N–H and O–H groups in total. The molecule has 2 aromatic carbocycles. The number of rotatable bonds is 5. The van der Waals surface area contributed by atoms with Gasteiger partial charge in [-0.15, -0.1) is 0 Å². The van der Waals surface area contributed by atoms with Crippen LogP contribution in [0.5, 0.6) is 0 Å². The van der Waals surface area contributed by atoms with Crippen molar-refractivity contribution in [1.29, 1.82) is 0 Å². The number of aliphatic hydroxyl groups is 1. The molecule has 0 amide bonds. The van der Waals surface area contributed by atoms with E-state index in [1.807, 2.05) is 42.5 Å². The molecule has 0 aliphatic carbocycles. The first-order valence-electron chi connectivity index (χ1n) is 6.86. The van der Waals surface area contributed by atoms with Crippen molar-refractivity contribution in [1.82, 2.24) is 0 Å². The van der Waals surface area contributed by atoms with Gasteiger partial charge in [0.05, 0.1) is 6.10 Å². The largest absolute Gasteiger partial charge is 0.389 e. The van der Waals surface area contributed by atoms with E-state index in [2.05, 4.69) is 0 Å². The molecule has 0 aromatic heterocycles. The van der Waals surface area contributed by atoms with Gasteiger partial charge in [0.2, 0.25) is 0 Å². The molecule has 1 nitrogen and oxygen atoms in total. The van der Waals surface area contributed by atoms with Gasteiger partial charge in [-0.3, -0.25) is 0 Å². The van der Waals surface area contributed by atoms with Crippen molar-refractivity contribution in [3.05, 3.63) is 60.2 Å². The molecule has 2 aromatic rings. The summed E-state index contributed by atoms with van der Waals surface area (Å²) >= 11 is 0. The minimum atomic E-state index is -4.16.